The Hall–Kier alpha value is -3.19. The number of benzene rings is 2. The maximum Gasteiger partial charge on any atom is 0.259 e. The molecule has 0 radical (unpaired) electrons. The van der Waals surface area contributed by atoms with E-state index in [2.05, 4.69) is 10.6 Å². The molecule has 0 aromatic heterocycles. The lowest BCUT2D eigenvalue weighted by Gasteiger charge is -2.35. The van der Waals surface area contributed by atoms with Crippen LogP contribution in [0, 0.1) is 0 Å². The number of para-hydroxylation sites is 1. The van der Waals surface area contributed by atoms with Gasteiger partial charge in [0.2, 0.25) is 11.8 Å². The van der Waals surface area contributed by atoms with E-state index in [1.807, 2.05) is 19.1 Å². The molecule has 7 heteroatoms. The largest absolute Gasteiger partial charge is 0.490 e. The van der Waals surface area contributed by atoms with Crippen molar-refractivity contribution in [3.05, 3.63) is 59.7 Å². The van der Waals surface area contributed by atoms with Crippen LogP contribution in [0.5, 0.6) is 5.75 Å². The van der Waals surface area contributed by atoms with Gasteiger partial charge in [0.25, 0.3) is 5.91 Å². The molecule has 3 rings (SSSR count). The molecule has 2 N–H and O–H groups in total. The van der Waals surface area contributed by atoms with Crippen molar-refractivity contribution in [2.45, 2.75) is 31.6 Å². The van der Waals surface area contributed by atoms with Gasteiger partial charge in [-0.2, -0.15) is 0 Å². The van der Waals surface area contributed by atoms with Crippen LogP contribution in [0.15, 0.2) is 48.5 Å². The van der Waals surface area contributed by atoms with Crippen molar-refractivity contribution in [3.8, 4) is 5.75 Å². The first-order chi connectivity index (χ1) is 14.5. The van der Waals surface area contributed by atoms with E-state index in [-0.39, 0.29) is 17.7 Å². The maximum absolute atomic E-state index is 12.7. The van der Waals surface area contributed by atoms with Crippen LogP contribution in [0.2, 0.25) is 0 Å². The molecule has 0 aliphatic carbocycles. The average molecular weight is 410 g/mol. The smallest absolute Gasteiger partial charge is 0.259 e. The molecule has 0 bridgehead atoms. The van der Waals surface area contributed by atoms with Crippen molar-refractivity contribution in [2.75, 3.05) is 25.6 Å². The topological polar surface area (TPSA) is 93.7 Å². The number of ether oxygens (including phenoxy) is 2. The molecule has 1 aliphatic rings. The lowest BCUT2D eigenvalue weighted by atomic mass is 9.72. The van der Waals surface area contributed by atoms with Crippen molar-refractivity contribution < 1.29 is 23.9 Å². The number of rotatable bonds is 8. The highest BCUT2D eigenvalue weighted by Gasteiger charge is 2.42. The molecule has 0 spiro atoms. The summed E-state index contributed by atoms with van der Waals surface area (Å²) in [6.07, 6.45) is 1.38. The highest BCUT2D eigenvalue weighted by molar-refractivity contribution is 6.06. The summed E-state index contributed by atoms with van der Waals surface area (Å²) >= 11 is 0. The summed E-state index contributed by atoms with van der Waals surface area (Å²) in [5, 5.41) is 5.31. The van der Waals surface area contributed by atoms with Crippen LogP contribution in [0.1, 0.15) is 42.1 Å². The van der Waals surface area contributed by atoms with Gasteiger partial charge in [-0.15, -0.1) is 0 Å². The van der Waals surface area contributed by atoms with Crippen LogP contribution in [0.4, 0.5) is 5.69 Å². The van der Waals surface area contributed by atoms with Crippen LogP contribution in [-0.2, 0) is 19.7 Å². The predicted octanol–water partition coefficient (Wildman–Crippen LogP) is 3.05. The Balaban J connectivity index is 1.74. The highest BCUT2D eigenvalue weighted by Crippen LogP contribution is 2.36. The van der Waals surface area contributed by atoms with E-state index >= 15 is 0 Å². The van der Waals surface area contributed by atoms with Gasteiger partial charge in [-0.3, -0.25) is 19.7 Å². The fourth-order valence-corrected chi connectivity index (χ4v) is 3.65. The van der Waals surface area contributed by atoms with Gasteiger partial charge in [0.05, 0.1) is 17.6 Å². The van der Waals surface area contributed by atoms with Crippen LogP contribution in [-0.4, -0.2) is 38.0 Å². The van der Waals surface area contributed by atoms with Crippen molar-refractivity contribution in [3.63, 3.8) is 0 Å². The quantitative estimate of drug-likeness (QED) is 0.515. The van der Waals surface area contributed by atoms with Gasteiger partial charge in [0, 0.05) is 19.2 Å². The summed E-state index contributed by atoms with van der Waals surface area (Å²) in [6, 6.07) is 14.2. The number of anilines is 1. The normalized spacial score (nSPS) is 18.6. The molecular formula is C23H26N2O5. The van der Waals surface area contributed by atoms with Crippen molar-refractivity contribution >= 4 is 23.4 Å². The second-order valence-corrected chi connectivity index (χ2v) is 7.18. The van der Waals surface area contributed by atoms with E-state index in [9.17, 15) is 14.4 Å². The molecule has 1 atom stereocenters. The molecule has 1 fully saturated rings. The van der Waals surface area contributed by atoms with Gasteiger partial charge in [0.15, 0.2) is 0 Å². The third kappa shape index (κ3) is 4.52. The summed E-state index contributed by atoms with van der Waals surface area (Å²) in [7, 11) is 1.59. The SMILES string of the molecule is CC[C@@]1(c2ccc(NC(=O)c3ccccc3OCCOC)cc2)CCC(=O)NC1=O. The number of hydrogen-bond donors (Lipinski definition) is 2. The Bertz CT molecular complexity index is 925. The summed E-state index contributed by atoms with van der Waals surface area (Å²) in [4.78, 5) is 36.8. The van der Waals surface area contributed by atoms with Gasteiger partial charge in [-0.25, -0.2) is 0 Å². The molecule has 1 saturated heterocycles. The average Bonchev–Trinajstić information content (AvgIpc) is 2.75. The van der Waals surface area contributed by atoms with Gasteiger partial charge < -0.3 is 14.8 Å². The lowest BCUT2D eigenvalue weighted by molar-refractivity contribution is -0.138. The zero-order valence-corrected chi connectivity index (χ0v) is 17.2. The lowest BCUT2D eigenvalue weighted by Crippen LogP contribution is -2.51. The molecule has 0 unspecified atom stereocenters. The van der Waals surface area contributed by atoms with E-state index in [1.165, 1.54) is 0 Å². The Labute approximate surface area is 175 Å². The minimum atomic E-state index is -0.724. The standard InChI is InChI=1S/C23H26N2O5/c1-3-23(13-12-20(26)25-22(23)28)16-8-10-17(11-9-16)24-21(27)18-6-4-5-7-19(18)30-15-14-29-2/h4-11H,3,12-15H2,1-2H3,(H,24,27)(H,25,26,28)/t23-/m0/s1. The first-order valence-corrected chi connectivity index (χ1v) is 9.97. The predicted molar refractivity (Wildman–Crippen MR) is 113 cm³/mol. The Morgan fingerprint density at radius 3 is 2.50 bits per heavy atom. The van der Waals surface area contributed by atoms with E-state index in [0.717, 1.165) is 5.56 Å². The second kappa shape index (κ2) is 9.54. The van der Waals surface area contributed by atoms with E-state index in [0.29, 0.717) is 49.5 Å². The Kier molecular flexibility index (Phi) is 6.84. The molecule has 30 heavy (non-hydrogen) atoms. The van der Waals surface area contributed by atoms with Crippen molar-refractivity contribution in [1.29, 1.82) is 0 Å². The zero-order valence-electron chi connectivity index (χ0n) is 17.2. The fraction of sp³-hybridized carbons (Fsp3) is 0.348. The minimum Gasteiger partial charge on any atom is -0.490 e. The van der Waals surface area contributed by atoms with E-state index in [1.54, 1.807) is 43.5 Å². The second-order valence-electron chi connectivity index (χ2n) is 7.18. The number of nitrogens with one attached hydrogen (secondary N) is 2. The molecule has 158 valence electrons. The molecule has 0 saturated carbocycles. The fourth-order valence-electron chi connectivity index (χ4n) is 3.65. The number of methoxy groups -OCH3 is 1. The van der Waals surface area contributed by atoms with Gasteiger partial charge in [-0.05, 0) is 42.7 Å². The van der Waals surface area contributed by atoms with Crippen LogP contribution in [0.25, 0.3) is 0 Å². The molecular weight excluding hydrogens is 384 g/mol. The molecule has 2 aromatic carbocycles. The zero-order chi connectivity index (χ0) is 21.6. The molecule has 1 aliphatic heterocycles. The number of amides is 3. The summed E-state index contributed by atoms with van der Waals surface area (Å²) in [5.41, 5.74) is 1.14. The van der Waals surface area contributed by atoms with Gasteiger partial charge >= 0.3 is 0 Å². The van der Waals surface area contributed by atoms with Gasteiger partial charge in [0.1, 0.15) is 12.4 Å². The van der Waals surface area contributed by atoms with Gasteiger partial charge in [-0.1, -0.05) is 31.2 Å². The summed E-state index contributed by atoms with van der Waals surface area (Å²) in [5.74, 6) is -0.307. The van der Waals surface area contributed by atoms with Crippen LogP contribution >= 0.6 is 0 Å². The number of carbonyl (C=O) groups is 3. The third-order valence-electron chi connectivity index (χ3n) is 5.44. The number of hydrogen-bond acceptors (Lipinski definition) is 5. The molecule has 7 nitrogen and oxygen atoms in total. The number of carbonyl (C=O) groups excluding carboxylic acids is 3. The van der Waals surface area contributed by atoms with E-state index < -0.39 is 5.41 Å². The third-order valence-corrected chi connectivity index (χ3v) is 5.44. The Morgan fingerprint density at radius 1 is 1.10 bits per heavy atom. The molecule has 1 heterocycles. The minimum absolute atomic E-state index is 0.237. The summed E-state index contributed by atoms with van der Waals surface area (Å²) < 4.78 is 10.6. The highest BCUT2D eigenvalue weighted by atomic mass is 16.5. The monoisotopic (exact) mass is 410 g/mol. The number of piperidine rings is 1. The van der Waals surface area contributed by atoms with Crippen LogP contribution < -0.4 is 15.4 Å². The Morgan fingerprint density at radius 2 is 1.83 bits per heavy atom. The molecule has 3 amide bonds. The van der Waals surface area contributed by atoms with Crippen LogP contribution in [0.3, 0.4) is 0 Å². The summed E-state index contributed by atoms with van der Waals surface area (Å²) in [6.45, 7) is 2.71. The maximum atomic E-state index is 12.7. The van der Waals surface area contributed by atoms with Crippen molar-refractivity contribution in [1.82, 2.24) is 5.32 Å². The molecule has 2 aromatic rings. The van der Waals surface area contributed by atoms with E-state index in [4.69, 9.17) is 9.47 Å². The van der Waals surface area contributed by atoms with Crippen molar-refractivity contribution in [2.24, 2.45) is 0 Å². The first kappa shape index (κ1) is 21.5. The number of imide groups is 1. The first-order valence-electron chi connectivity index (χ1n) is 9.97.